The molecule has 1 heterocycles. The average molecular weight is 226 g/mol. The second-order valence-corrected chi connectivity index (χ2v) is 4.33. The fraction of sp³-hybridized carbons (Fsp3) is 0.750. The molecule has 0 aromatic heterocycles. The maximum Gasteiger partial charge on any atom is 0.246 e. The van der Waals surface area contributed by atoms with E-state index in [1.165, 1.54) is 5.57 Å². The summed E-state index contributed by atoms with van der Waals surface area (Å²) in [6, 6.07) is 0. The Morgan fingerprint density at radius 3 is 2.69 bits per heavy atom. The molecule has 16 heavy (non-hydrogen) atoms. The highest BCUT2D eigenvalue weighted by atomic mass is 16.3. The van der Waals surface area contributed by atoms with E-state index >= 15 is 0 Å². The predicted octanol–water partition coefficient (Wildman–Crippen LogP) is 0.431. The quantitative estimate of drug-likeness (QED) is 0.576. The second kappa shape index (κ2) is 6.66. The van der Waals surface area contributed by atoms with Crippen molar-refractivity contribution in [3.63, 3.8) is 0 Å². The van der Waals surface area contributed by atoms with Crippen LogP contribution in [0.3, 0.4) is 0 Å². The molecule has 3 N–H and O–H groups in total. The number of carbonyl (C=O) groups excluding carboxylic acids is 1. The lowest BCUT2D eigenvalue weighted by Crippen LogP contribution is -2.38. The van der Waals surface area contributed by atoms with Gasteiger partial charge in [-0.2, -0.15) is 0 Å². The Balaban J connectivity index is 2.33. The zero-order valence-electron chi connectivity index (χ0n) is 10.2. The molecule has 0 radical (unpaired) electrons. The summed E-state index contributed by atoms with van der Waals surface area (Å²) in [7, 11) is 0. The summed E-state index contributed by atoms with van der Waals surface area (Å²) in [6.45, 7) is 6.48. The van der Waals surface area contributed by atoms with Gasteiger partial charge >= 0.3 is 0 Å². The topological polar surface area (TPSA) is 61.4 Å². The van der Waals surface area contributed by atoms with Gasteiger partial charge in [-0.15, -0.1) is 0 Å². The van der Waals surface area contributed by atoms with E-state index in [4.69, 9.17) is 5.11 Å². The van der Waals surface area contributed by atoms with Crippen LogP contribution in [0.2, 0.25) is 0 Å². The van der Waals surface area contributed by atoms with Crippen molar-refractivity contribution in [3.8, 4) is 0 Å². The van der Waals surface area contributed by atoms with E-state index in [2.05, 4.69) is 17.6 Å². The van der Waals surface area contributed by atoms with Crippen LogP contribution in [0.1, 0.15) is 26.7 Å². The fourth-order valence-electron chi connectivity index (χ4n) is 1.68. The maximum atomic E-state index is 11.7. The molecule has 4 nitrogen and oxygen atoms in total. The van der Waals surface area contributed by atoms with E-state index in [0.717, 1.165) is 31.5 Å². The lowest BCUT2D eigenvalue weighted by Gasteiger charge is -2.22. The minimum Gasteiger partial charge on any atom is -0.396 e. The average Bonchev–Trinajstić information content (AvgIpc) is 2.21. The van der Waals surface area contributed by atoms with Gasteiger partial charge in [-0.25, -0.2) is 0 Å². The van der Waals surface area contributed by atoms with Crippen LogP contribution in [0.15, 0.2) is 11.1 Å². The van der Waals surface area contributed by atoms with Crippen LogP contribution < -0.4 is 10.6 Å². The maximum absolute atomic E-state index is 11.7. The van der Waals surface area contributed by atoms with Crippen LogP contribution in [-0.4, -0.2) is 37.3 Å². The Morgan fingerprint density at radius 1 is 1.56 bits per heavy atom. The lowest BCUT2D eigenvalue weighted by atomic mass is 10.0. The minimum atomic E-state index is 0.0351. The highest BCUT2D eigenvalue weighted by Gasteiger charge is 2.16. The number of aliphatic hydroxyl groups excluding tert-OH is 1. The van der Waals surface area contributed by atoms with Gasteiger partial charge in [0.05, 0.1) is 0 Å². The van der Waals surface area contributed by atoms with Crippen LogP contribution in [-0.2, 0) is 4.79 Å². The number of aliphatic hydroxyl groups is 1. The van der Waals surface area contributed by atoms with E-state index < -0.39 is 0 Å². The van der Waals surface area contributed by atoms with Crippen molar-refractivity contribution in [2.75, 3.05) is 26.2 Å². The zero-order chi connectivity index (χ0) is 12.0. The van der Waals surface area contributed by atoms with Gasteiger partial charge in [0, 0.05) is 31.8 Å². The Kier molecular flexibility index (Phi) is 5.49. The Hall–Kier alpha value is -0.870. The molecule has 92 valence electrons. The Morgan fingerprint density at radius 2 is 2.25 bits per heavy atom. The van der Waals surface area contributed by atoms with Crippen molar-refractivity contribution < 1.29 is 9.90 Å². The first-order valence-corrected chi connectivity index (χ1v) is 5.97. The zero-order valence-corrected chi connectivity index (χ0v) is 10.2. The van der Waals surface area contributed by atoms with Crippen molar-refractivity contribution in [2.45, 2.75) is 26.7 Å². The minimum absolute atomic E-state index is 0.0351. The molecule has 1 fully saturated rings. The van der Waals surface area contributed by atoms with Crippen LogP contribution in [0.25, 0.3) is 0 Å². The van der Waals surface area contributed by atoms with E-state index in [9.17, 15) is 4.79 Å². The molecule has 1 aliphatic heterocycles. The van der Waals surface area contributed by atoms with Gasteiger partial charge in [-0.3, -0.25) is 4.79 Å². The Bertz CT molecular complexity index is 268. The largest absolute Gasteiger partial charge is 0.396 e. The van der Waals surface area contributed by atoms with E-state index in [-0.39, 0.29) is 12.5 Å². The van der Waals surface area contributed by atoms with Crippen molar-refractivity contribution >= 4 is 5.91 Å². The van der Waals surface area contributed by atoms with Crippen molar-refractivity contribution in [2.24, 2.45) is 5.92 Å². The Labute approximate surface area is 97.1 Å². The first kappa shape index (κ1) is 13.2. The molecular weight excluding hydrogens is 204 g/mol. The molecule has 0 aliphatic carbocycles. The summed E-state index contributed by atoms with van der Waals surface area (Å²) >= 11 is 0. The van der Waals surface area contributed by atoms with E-state index in [0.29, 0.717) is 12.5 Å². The monoisotopic (exact) mass is 226 g/mol. The van der Waals surface area contributed by atoms with Crippen LogP contribution in [0, 0.1) is 5.92 Å². The van der Waals surface area contributed by atoms with E-state index in [1.807, 2.05) is 6.92 Å². The molecule has 0 bridgehead atoms. The fourth-order valence-corrected chi connectivity index (χ4v) is 1.68. The second-order valence-electron chi connectivity index (χ2n) is 4.33. The third-order valence-corrected chi connectivity index (χ3v) is 3.21. The van der Waals surface area contributed by atoms with Gasteiger partial charge in [0.1, 0.15) is 0 Å². The molecule has 1 unspecified atom stereocenters. The molecule has 0 spiro atoms. The third kappa shape index (κ3) is 3.61. The molecule has 0 aromatic rings. The lowest BCUT2D eigenvalue weighted by molar-refractivity contribution is -0.117. The van der Waals surface area contributed by atoms with Crippen LogP contribution in [0.4, 0.5) is 0 Å². The van der Waals surface area contributed by atoms with Crippen molar-refractivity contribution in [1.29, 1.82) is 0 Å². The van der Waals surface area contributed by atoms with Gasteiger partial charge in [0.25, 0.3) is 0 Å². The molecule has 1 rings (SSSR count). The highest BCUT2D eigenvalue weighted by molar-refractivity contribution is 5.93. The van der Waals surface area contributed by atoms with Crippen LogP contribution >= 0.6 is 0 Å². The number of rotatable bonds is 6. The number of hydrogen-bond donors (Lipinski definition) is 3. The highest BCUT2D eigenvalue weighted by Crippen LogP contribution is 2.10. The first-order valence-electron chi connectivity index (χ1n) is 5.97. The summed E-state index contributed by atoms with van der Waals surface area (Å²) in [6.07, 6.45) is 1.74. The molecule has 0 saturated carbocycles. The number of hydrogen-bond acceptors (Lipinski definition) is 3. The SMILES string of the molecule is CCC(CCO)CNC(=O)C(C)=C1CNC1. The summed E-state index contributed by atoms with van der Waals surface area (Å²) in [5.41, 5.74) is 2.05. The summed E-state index contributed by atoms with van der Waals surface area (Å²) < 4.78 is 0. The molecule has 1 atom stereocenters. The number of carbonyl (C=O) groups is 1. The van der Waals surface area contributed by atoms with Gasteiger partial charge < -0.3 is 15.7 Å². The molecule has 4 heteroatoms. The molecule has 1 aliphatic rings. The van der Waals surface area contributed by atoms with Crippen LogP contribution in [0.5, 0.6) is 0 Å². The smallest absolute Gasteiger partial charge is 0.246 e. The molecule has 1 amide bonds. The van der Waals surface area contributed by atoms with Gasteiger partial charge in [-0.1, -0.05) is 13.3 Å². The predicted molar refractivity (Wildman–Crippen MR) is 64.1 cm³/mol. The standard InChI is InChI=1S/C12H22N2O2/c1-3-10(4-5-15)6-14-12(16)9(2)11-7-13-8-11/h10,13,15H,3-8H2,1-2H3,(H,14,16). The van der Waals surface area contributed by atoms with Gasteiger partial charge in [-0.05, 0) is 24.8 Å². The molecule has 1 saturated heterocycles. The summed E-state index contributed by atoms with van der Waals surface area (Å²) in [5.74, 6) is 0.416. The number of amides is 1. The van der Waals surface area contributed by atoms with Gasteiger partial charge in [0.15, 0.2) is 0 Å². The van der Waals surface area contributed by atoms with Crippen molar-refractivity contribution in [1.82, 2.24) is 10.6 Å². The summed E-state index contributed by atoms with van der Waals surface area (Å²) in [4.78, 5) is 11.7. The van der Waals surface area contributed by atoms with E-state index in [1.54, 1.807) is 0 Å². The number of nitrogens with one attached hydrogen (secondary N) is 2. The molecule has 0 aromatic carbocycles. The van der Waals surface area contributed by atoms with Gasteiger partial charge in [0.2, 0.25) is 5.91 Å². The van der Waals surface area contributed by atoms with Crippen molar-refractivity contribution in [3.05, 3.63) is 11.1 Å². The normalized spacial score (nSPS) is 16.6. The third-order valence-electron chi connectivity index (χ3n) is 3.21. The molecular formula is C12H22N2O2. The summed E-state index contributed by atoms with van der Waals surface area (Å²) in [5, 5.41) is 14.9. The first-order chi connectivity index (χ1) is 7.69.